The summed E-state index contributed by atoms with van der Waals surface area (Å²) in [6.45, 7) is 3.84. The average Bonchev–Trinajstić information content (AvgIpc) is 2.93. The van der Waals surface area contributed by atoms with Crippen molar-refractivity contribution in [2.75, 3.05) is 20.8 Å². The fourth-order valence-corrected chi connectivity index (χ4v) is 3.72. The number of fused-ring (bicyclic) bond motifs is 1. The monoisotopic (exact) mass is 518 g/mol. The molecule has 0 atom stereocenters. The van der Waals surface area contributed by atoms with E-state index in [2.05, 4.69) is 0 Å². The number of ether oxygens (including phenoxy) is 5. The minimum Gasteiger partial charge on any atom is -0.496 e. The number of methoxy groups -OCH3 is 2. The van der Waals surface area contributed by atoms with Crippen LogP contribution >= 0.6 is 0 Å². The second-order valence-electron chi connectivity index (χ2n) is 8.16. The van der Waals surface area contributed by atoms with Crippen molar-refractivity contribution >= 4 is 22.9 Å². The normalized spacial score (nSPS) is 10.6. The smallest absolute Gasteiger partial charge is 0.351 e. The Kier molecular flexibility index (Phi) is 7.96. The van der Waals surface area contributed by atoms with Crippen molar-refractivity contribution in [3.63, 3.8) is 0 Å². The van der Waals surface area contributed by atoms with E-state index in [1.807, 2.05) is 6.92 Å². The van der Waals surface area contributed by atoms with Crippen LogP contribution in [-0.4, -0.2) is 32.8 Å². The predicted octanol–water partition coefficient (Wildman–Crippen LogP) is 5.70. The maximum absolute atomic E-state index is 13.2. The Balaban J connectivity index is 1.58. The van der Waals surface area contributed by atoms with Gasteiger partial charge < -0.3 is 28.1 Å². The summed E-state index contributed by atoms with van der Waals surface area (Å²) in [7, 11) is 2.88. The van der Waals surface area contributed by atoms with Crippen LogP contribution < -0.4 is 24.4 Å². The highest BCUT2D eigenvalue weighted by atomic mass is 16.5. The average molecular weight is 519 g/mol. The van der Waals surface area contributed by atoms with E-state index in [9.17, 15) is 14.4 Å². The molecule has 0 aliphatic rings. The first-order valence-electron chi connectivity index (χ1n) is 11.8. The van der Waals surface area contributed by atoms with Crippen LogP contribution in [0.5, 0.6) is 28.7 Å². The van der Waals surface area contributed by atoms with Gasteiger partial charge in [-0.15, -0.1) is 0 Å². The Morgan fingerprint density at radius 1 is 0.868 bits per heavy atom. The van der Waals surface area contributed by atoms with Crippen LogP contribution in [0.25, 0.3) is 11.0 Å². The molecule has 0 aliphatic heterocycles. The standard InChI is InChI=1S/C29H26O9/c1-5-15-35-28(31)18-9-11-19(12-10-18)37-27-17(2)36-24-16-20(13-14-21(24)26(27)30)38-29(32)25-22(33-3)7-6-8-23(25)34-4/h6-14,16H,5,15H2,1-4H3. The van der Waals surface area contributed by atoms with E-state index in [4.69, 9.17) is 28.1 Å². The molecule has 0 fully saturated rings. The second kappa shape index (κ2) is 11.5. The molecule has 9 heteroatoms. The van der Waals surface area contributed by atoms with Gasteiger partial charge in [-0.25, -0.2) is 9.59 Å². The summed E-state index contributed by atoms with van der Waals surface area (Å²) in [5.74, 6) is 0.210. The van der Waals surface area contributed by atoms with E-state index in [1.54, 1.807) is 49.4 Å². The summed E-state index contributed by atoms with van der Waals surface area (Å²) in [5.41, 5.74) is 0.315. The lowest BCUT2D eigenvalue weighted by Gasteiger charge is -2.13. The lowest BCUT2D eigenvalue weighted by Crippen LogP contribution is -2.12. The number of esters is 2. The molecule has 0 saturated heterocycles. The maximum Gasteiger partial charge on any atom is 0.351 e. The van der Waals surface area contributed by atoms with Crippen molar-refractivity contribution < 1.29 is 37.7 Å². The van der Waals surface area contributed by atoms with E-state index >= 15 is 0 Å². The highest BCUT2D eigenvalue weighted by Crippen LogP contribution is 2.31. The topological polar surface area (TPSA) is 110 Å². The van der Waals surface area contributed by atoms with Gasteiger partial charge in [0.2, 0.25) is 11.2 Å². The number of carbonyl (C=O) groups is 2. The van der Waals surface area contributed by atoms with Crippen LogP contribution in [0.4, 0.5) is 0 Å². The Morgan fingerprint density at radius 3 is 2.16 bits per heavy atom. The molecule has 4 aromatic rings. The molecule has 38 heavy (non-hydrogen) atoms. The molecule has 0 N–H and O–H groups in total. The van der Waals surface area contributed by atoms with Gasteiger partial charge >= 0.3 is 11.9 Å². The zero-order valence-corrected chi connectivity index (χ0v) is 21.4. The van der Waals surface area contributed by atoms with Crippen LogP contribution in [-0.2, 0) is 4.74 Å². The number of hydrogen-bond donors (Lipinski definition) is 0. The van der Waals surface area contributed by atoms with Gasteiger partial charge in [0.05, 0.1) is 31.8 Å². The zero-order valence-electron chi connectivity index (χ0n) is 21.4. The summed E-state index contributed by atoms with van der Waals surface area (Å²) < 4.78 is 32.8. The number of rotatable bonds is 9. The Hall–Kier alpha value is -4.79. The number of benzene rings is 3. The lowest BCUT2D eigenvalue weighted by molar-refractivity contribution is 0.0504. The van der Waals surface area contributed by atoms with Gasteiger partial charge in [-0.1, -0.05) is 13.0 Å². The van der Waals surface area contributed by atoms with Gasteiger partial charge in [-0.05, 0) is 61.9 Å². The Bertz CT molecular complexity index is 1510. The first-order chi connectivity index (χ1) is 18.4. The molecule has 4 rings (SSSR count). The van der Waals surface area contributed by atoms with Crippen molar-refractivity contribution in [1.82, 2.24) is 0 Å². The molecule has 9 nitrogen and oxygen atoms in total. The fraction of sp³-hybridized carbons (Fsp3) is 0.207. The van der Waals surface area contributed by atoms with Gasteiger partial charge in [0.1, 0.15) is 39.9 Å². The lowest BCUT2D eigenvalue weighted by atomic mass is 10.1. The molecular weight excluding hydrogens is 492 g/mol. The van der Waals surface area contributed by atoms with Crippen LogP contribution in [0, 0.1) is 6.92 Å². The molecule has 3 aromatic carbocycles. The molecule has 0 amide bonds. The van der Waals surface area contributed by atoms with E-state index < -0.39 is 17.4 Å². The van der Waals surface area contributed by atoms with Crippen molar-refractivity contribution in [1.29, 1.82) is 0 Å². The van der Waals surface area contributed by atoms with Gasteiger partial charge in [-0.2, -0.15) is 0 Å². The van der Waals surface area contributed by atoms with Crippen molar-refractivity contribution in [3.8, 4) is 28.7 Å². The summed E-state index contributed by atoms with van der Waals surface area (Å²) >= 11 is 0. The largest absolute Gasteiger partial charge is 0.496 e. The number of hydrogen-bond acceptors (Lipinski definition) is 9. The third-order valence-electron chi connectivity index (χ3n) is 5.58. The highest BCUT2D eigenvalue weighted by molar-refractivity contribution is 5.97. The van der Waals surface area contributed by atoms with Crippen molar-refractivity contribution in [2.45, 2.75) is 20.3 Å². The minimum atomic E-state index is -0.695. The summed E-state index contributed by atoms with van der Waals surface area (Å²) in [5, 5.41) is 0.236. The Labute approximate surface area is 218 Å². The quantitative estimate of drug-likeness (QED) is 0.204. The minimum absolute atomic E-state index is 0.00214. The third kappa shape index (κ3) is 5.46. The highest BCUT2D eigenvalue weighted by Gasteiger charge is 2.21. The van der Waals surface area contributed by atoms with Crippen LogP contribution in [0.3, 0.4) is 0 Å². The summed E-state index contributed by atoms with van der Waals surface area (Å²) in [6, 6.07) is 15.6. The van der Waals surface area contributed by atoms with E-state index in [0.717, 1.165) is 6.42 Å². The van der Waals surface area contributed by atoms with Crippen LogP contribution in [0.1, 0.15) is 39.8 Å². The molecule has 196 valence electrons. The summed E-state index contributed by atoms with van der Waals surface area (Å²) in [6.07, 6.45) is 0.727. The molecule has 0 aliphatic carbocycles. The Morgan fingerprint density at radius 2 is 1.53 bits per heavy atom. The number of aryl methyl sites for hydroxylation is 1. The van der Waals surface area contributed by atoms with E-state index in [0.29, 0.717) is 29.4 Å². The molecule has 1 heterocycles. The molecule has 0 spiro atoms. The van der Waals surface area contributed by atoms with Gasteiger partial charge in [-0.3, -0.25) is 4.79 Å². The second-order valence-corrected chi connectivity index (χ2v) is 8.16. The molecular formula is C29H26O9. The van der Waals surface area contributed by atoms with Gasteiger partial charge in [0.25, 0.3) is 0 Å². The van der Waals surface area contributed by atoms with Crippen LogP contribution in [0.2, 0.25) is 0 Å². The predicted molar refractivity (Wildman–Crippen MR) is 139 cm³/mol. The maximum atomic E-state index is 13.2. The first kappa shape index (κ1) is 26.3. The third-order valence-corrected chi connectivity index (χ3v) is 5.58. The van der Waals surface area contributed by atoms with E-state index in [1.165, 1.54) is 32.4 Å². The molecule has 1 aromatic heterocycles. The molecule has 0 unspecified atom stereocenters. The van der Waals surface area contributed by atoms with Crippen LogP contribution in [0.15, 0.2) is 69.9 Å². The molecule has 0 radical (unpaired) electrons. The van der Waals surface area contributed by atoms with E-state index in [-0.39, 0.29) is 33.8 Å². The fourth-order valence-electron chi connectivity index (χ4n) is 3.72. The first-order valence-corrected chi connectivity index (χ1v) is 11.8. The zero-order chi connectivity index (χ0) is 27.2. The molecule has 0 saturated carbocycles. The SMILES string of the molecule is CCCOC(=O)c1ccc(Oc2c(C)oc3cc(OC(=O)c4c(OC)cccc4OC)ccc3c2=O)cc1. The van der Waals surface area contributed by atoms with Crippen molar-refractivity contribution in [2.24, 2.45) is 0 Å². The van der Waals surface area contributed by atoms with Gasteiger partial charge in [0.15, 0.2) is 0 Å². The van der Waals surface area contributed by atoms with Gasteiger partial charge in [0, 0.05) is 6.07 Å². The van der Waals surface area contributed by atoms with Crippen molar-refractivity contribution in [3.05, 3.63) is 87.8 Å². The number of carbonyl (C=O) groups excluding carboxylic acids is 2. The molecule has 0 bridgehead atoms. The summed E-state index contributed by atoms with van der Waals surface area (Å²) in [4.78, 5) is 38.1.